The van der Waals surface area contributed by atoms with Crippen LogP contribution in [-0.4, -0.2) is 49.4 Å². The summed E-state index contributed by atoms with van der Waals surface area (Å²) >= 11 is 0.978. The molecule has 1 atom stereocenters. The van der Waals surface area contributed by atoms with Crippen LogP contribution in [0, 0.1) is 0 Å². The van der Waals surface area contributed by atoms with Gasteiger partial charge in [-0.1, -0.05) is 9.59 Å². The lowest BCUT2D eigenvalue weighted by molar-refractivity contribution is -0.137. The number of anilines is 1. The summed E-state index contributed by atoms with van der Waals surface area (Å²) in [5.74, 6) is -0.896. The van der Waals surface area contributed by atoms with Gasteiger partial charge in [-0.15, -0.1) is 0 Å². The van der Waals surface area contributed by atoms with E-state index in [0.29, 0.717) is 18.1 Å². The molecule has 1 aliphatic rings. The summed E-state index contributed by atoms with van der Waals surface area (Å²) in [6, 6.07) is -0.583. The minimum Gasteiger partial charge on any atom is -0.481 e. The Hall–Kier alpha value is -1.77. The number of aromatic nitrogens is 3. The molecular weight excluding hydrogens is 246 g/mol. The zero-order valence-electron chi connectivity index (χ0n) is 8.87. The fourth-order valence-electron chi connectivity index (χ4n) is 1.86. The van der Waals surface area contributed by atoms with Gasteiger partial charge in [0.05, 0.1) is 6.42 Å². The predicted octanol–water partition coefficient (Wildman–Crippen LogP) is 0.404. The maximum atomic E-state index is 11.8. The summed E-state index contributed by atoms with van der Waals surface area (Å²) in [6.45, 7) is 0.565. The molecule has 2 N–H and O–H groups in total. The van der Waals surface area contributed by atoms with E-state index < -0.39 is 5.97 Å². The van der Waals surface area contributed by atoms with Gasteiger partial charge in [0.15, 0.2) is 0 Å². The van der Waals surface area contributed by atoms with E-state index in [9.17, 15) is 9.59 Å². The van der Waals surface area contributed by atoms with Crippen molar-refractivity contribution in [1.29, 1.82) is 0 Å². The number of urea groups is 1. The molecule has 2 rings (SSSR count). The summed E-state index contributed by atoms with van der Waals surface area (Å²) in [4.78, 5) is 24.0. The lowest BCUT2D eigenvalue weighted by atomic mass is 10.1. The Balaban J connectivity index is 1.96. The first-order chi connectivity index (χ1) is 8.16. The average Bonchev–Trinajstić information content (AvgIpc) is 2.87. The Morgan fingerprint density at radius 3 is 3.06 bits per heavy atom. The number of likely N-dealkylation sites (tertiary alicyclic amines) is 1. The third-order valence-corrected chi connectivity index (χ3v) is 3.07. The van der Waals surface area contributed by atoms with Crippen LogP contribution in [0.3, 0.4) is 0 Å². The number of carbonyl (C=O) groups is 2. The van der Waals surface area contributed by atoms with E-state index in [1.165, 1.54) is 4.90 Å². The van der Waals surface area contributed by atoms with Crippen molar-refractivity contribution in [1.82, 2.24) is 19.7 Å². The van der Waals surface area contributed by atoms with Crippen molar-refractivity contribution in [3.05, 3.63) is 0 Å². The maximum absolute atomic E-state index is 11.8. The maximum Gasteiger partial charge on any atom is 0.323 e. The molecule has 17 heavy (non-hydrogen) atoms. The van der Waals surface area contributed by atoms with E-state index >= 15 is 0 Å². The molecule has 1 unspecified atom stereocenters. The van der Waals surface area contributed by atoms with Gasteiger partial charge in [0.25, 0.3) is 0 Å². The number of nitrogens with zero attached hydrogens (tertiary/aromatic N) is 4. The largest absolute Gasteiger partial charge is 0.481 e. The van der Waals surface area contributed by atoms with Gasteiger partial charge in [-0.25, -0.2) is 4.79 Å². The van der Waals surface area contributed by atoms with Crippen LogP contribution in [0.2, 0.25) is 0 Å². The standard InChI is InChI=1S/C8H11N5O3S/c14-6(15)4-5-2-1-3-13(5)8(16)9-7-10-11-12-17-7/h5H,1-4H2,(H,14,15)(H,9,10,12,16). The van der Waals surface area contributed by atoms with Crippen LogP contribution < -0.4 is 5.32 Å². The lowest BCUT2D eigenvalue weighted by Gasteiger charge is -2.22. The van der Waals surface area contributed by atoms with Crippen LogP contribution in [0.5, 0.6) is 0 Å². The molecule has 0 aliphatic carbocycles. The fourth-order valence-corrected chi connectivity index (χ4v) is 2.22. The quantitative estimate of drug-likeness (QED) is 0.811. The van der Waals surface area contributed by atoms with Crippen molar-refractivity contribution in [2.75, 3.05) is 11.9 Å². The summed E-state index contributed by atoms with van der Waals surface area (Å²) in [5.41, 5.74) is 0. The highest BCUT2D eigenvalue weighted by Gasteiger charge is 2.30. The molecule has 0 aromatic carbocycles. The van der Waals surface area contributed by atoms with Crippen LogP contribution in [-0.2, 0) is 4.79 Å². The Labute approximate surface area is 101 Å². The highest BCUT2D eigenvalue weighted by atomic mass is 32.1. The van der Waals surface area contributed by atoms with Crippen molar-refractivity contribution >= 4 is 28.7 Å². The number of hydrogen-bond donors (Lipinski definition) is 2. The average molecular weight is 257 g/mol. The first-order valence-corrected chi connectivity index (χ1v) is 5.88. The van der Waals surface area contributed by atoms with Crippen molar-refractivity contribution in [2.24, 2.45) is 0 Å². The van der Waals surface area contributed by atoms with Crippen molar-refractivity contribution in [3.63, 3.8) is 0 Å². The zero-order valence-corrected chi connectivity index (χ0v) is 9.68. The molecule has 1 aliphatic heterocycles. The number of carboxylic acids is 1. The Morgan fingerprint density at radius 2 is 2.41 bits per heavy atom. The highest BCUT2D eigenvalue weighted by molar-refractivity contribution is 7.09. The van der Waals surface area contributed by atoms with Crippen LogP contribution >= 0.6 is 11.5 Å². The van der Waals surface area contributed by atoms with E-state index in [2.05, 4.69) is 20.1 Å². The molecule has 2 heterocycles. The van der Waals surface area contributed by atoms with E-state index in [0.717, 1.165) is 18.0 Å². The topological polar surface area (TPSA) is 108 Å². The van der Waals surface area contributed by atoms with Gasteiger partial charge in [-0.05, 0) is 18.1 Å². The second-order valence-corrected chi connectivity index (χ2v) is 4.42. The molecule has 2 amide bonds. The number of aliphatic carboxylic acids is 1. The smallest absolute Gasteiger partial charge is 0.323 e. The van der Waals surface area contributed by atoms with E-state index in [4.69, 9.17) is 5.11 Å². The van der Waals surface area contributed by atoms with Crippen molar-refractivity contribution < 1.29 is 14.7 Å². The second kappa shape index (κ2) is 5.04. The molecule has 0 radical (unpaired) electrons. The molecule has 1 saturated heterocycles. The Bertz CT molecular complexity index is 409. The summed E-state index contributed by atoms with van der Waals surface area (Å²) in [6.07, 6.45) is 1.51. The third-order valence-electron chi connectivity index (χ3n) is 2.56. The number of amides is 2. The molecule has 0 bridgehead atoms. The van der Waals surface area contributed by atoms with E-state index in [1.807, 2.05) is 0 Å². The number of rotatable bonds is 3. The van der Waals surface area contributed by atoms with Gasteiger partial charge < -0.3 is 10.0 Å². The molecule has 92 valence electrons. The van der Waals surface area contributed by atoms with Gasteiger partial charge in [-0.2, -0.15) is 0 Å². The van der Waals surface area contributed by atoms with Crippen LogP contribution in [0.4, 0.5) is 9.93 Å². The van der Waals surface area contributed by atoms with Crippen LogP contribution in [0.15, 0.2) is 0 Å². The van der Waals surface area contributed by atoms with Crippen LogP contribution in [0.25, 0.3) is 0 Å². The monoisotopic (exact) mass is 257 g/mol. The lowest BCUT2D eigenvalue weighted by Crippen LogP contribution is -2.39. The number of nitrogens with one attached hydrogen (secondary N) is 1. The molecular formula is C8H11N5O3S. The summed E-state index contributed by atoms with van der Waals surface area (Å²) in [7, 11) is 0. The Morgan fingerprint density at radius 1 is 1.59 bits per heavy atom. The number of carboxylic acid groups (broad SMARTS) is 1. The molecule has 0 spiro atoms. The minimum absolute atomic E-state index is 0.0260. The Kier molecular flexibility index (Phi) is 3.47. The van der Waals surface area contributed by atoms with E-state index in [-0.39, 0.29) is 18.5 Å². The van der Waals surface area contributed by atoms with Crippen molar-refractivity contribution in [2.45, 2.75) is 25.3 Å². The normalized spacial score (nSPS) is 19.3. The van der Waals surface area contributed by atoms with Gasteiger partial charge >= 0.3 is 12.0 Å². The fraction of sp³-hybridized carbons (Fsp3) is 0.625. The van der Waals surface area contributed by atoms with E-state index in [1.54, 1.807) is 0 Å². The molecule has 1 aromatic heterocycles. The zero-order chi connectivity index (χ0) is 12.3. The molecule has 1 aromatic rings. The van der Waals surface area contributed by atoms with Gasteiger partial charge in [0, 0.05) is 24.1 Å². The SMILES string of the molecule is O=C(O)CC1CCCN1C(=O)Nc1nnns1. The molecule has 9 heteroatoms. The van der Waals surface area contributed by atoms with Crippen molar-refractivity contribution in [3.8, 4) is 0 Å². The molecule has 1 fully saturated rings. The van der Waals surface area contributed by atoms with Gasteiger partial charge in [-0.3, -0.25) is 10.1 Å². The number of hydrogen-bond acceptors (Lipinski definition) is 6. The second-order valence-electron chi connectivity index (χ2n) is 3.68. The third kappa shape index (κ3) is 2.87. The first-order valence-electron chi connectivity index (χ1n) is 5.11. The van der Waals surface area contributed by atoms with Gasteiger partial charge in [0.1, 0.15) is 0 Å². The van der Waals surface area contributed by atoms with Gasteiger partial charge in [0.2, 0.25) is 5.13 Å². The predicted molar refractivity (Wildman–Crippen MR) is 58.7 cm³/mol. The summed E-state index contributed by atoms with van der Waals surface area (Å²) < 4.78 is 3.52. The first kappa shape index (κ1) is 11.7. The molecule has 0 saturated carbocycles. The number of carbonyl (C=O) groups excluding carboxylic acids is 1. The molecule has 8 nitrogen and oxygen atoms in total. The van der Waals surface area contributed by atoms with Crippen LogP contribution in [0.1, 0.15) is 19.3 Å². The minimum atomic E-state index is -0.896. The highest BCUT2D eigenvalue weighted by Crippen LogP contribution is 2.21. The summed E-state index contributed by atoms with van der Waals surface area (Å²) in [5, 5.41) is 18.6.